The van der Waals surface area contributed by atoms with Gasteiger partial charge in [0.2, 0.25) is 0 Å². The lowest BCUT2D eigenvalue weighted by Crippen LogP contribution is -2.63. The molecule has 1 N–H and O–H groups in total. The zero-order valence-corrected chi connectivity index (χ0v) is 11.5. The number of benzene rings is 1. The molecule has 5 nitrogen and oxygen atoms in total. The fourth-order valence-electron chi connectivity index (χ4n) is 2.59. The van der Waals surface area contributed by atoms with E-state index in [4.69, 9.17) is 23.2 Å². The van der Waals surface area contributed by atoms with Crippen LogP contribution in [0.2, 0.25) is 10.0 Å². The summed E-state index contributed by atoms with van der Waals surface area (Å²) in [6.45, 7) is 0.826. The fourth-order valence-corrected chi connectivity index (χ4v) is 2.91. The lowest BCUT2D eigenvalue weighted by atomic mass is 9.88. The Kier molecular flexibility index (Phi) is 2.89. The highest BCUT2D eigenvalue weighted by atomic mass is 35.5. The summed E-state index contributed by atoms with van der Waals surface area (Å²) >= 11 is 11.7. The van der Waals surface area contributed by atoms with E-state index < -0.39 is 10.5 Å². The van der Waals surface area contributed by atoms with Crippen molar-refractivity contribution in [2.45, 2.75) is 18.4 Å². The van der Waals surface area contributed by atoms with Gasteiger partial charge < -0.3 is 10.0 Å². The molecule has 19 heavy (non-hydrogen) atoms. The molecule has 1 aromatic rings. The first-order chi connectivity index (χ1) is 8.90. The number of hydrogen-bond acceptors (Lipinski definition) is 4. The quantitative estimate of drug-likeness (QED) is 0.689. The van der Waals surface area contributed by atoms with Gasteiger partial charge in [0.05, 0.1) is 15.0 Å². The summed E-state index contributed by atoms with van der Waals surface area (Å²) in [6, 6.07) is 2.75. The molecule has 1 heterocycles. The fraction of sp³-hybridized carbons (Fsp3) is 0.500. The zero-order valence-electron chi connectivity index (χ0n) is 9.97. The number of hydrogen-bond donors (Lipinski definition) is 1. The van der Waals surface area contributed by atoms with Crippen molar-refractivity contribution in [3.63, 3.8) is 0 Å². The molecule has 1 aromatic carbocycles. The number of aliphatic hydroxyl groups is 1. The summed E-state index contributed by atoms with van der Waals surface area (Å²) in [6.07, 6.45) is 2.07. The highest BCUT2D eigenvalue weighted by Gasteiger charge is 2.52. The first-order valence-electron chi connectivity index (χ1n) is 6.01. The molecular weight excluding hydrogens is 291 g/mol. The Morgan fingerprint density at radius 2 is 1.89 bits per heavy atom. The number of anilines is 1. The van der Waals surface area contributed by atoms with Crippen LogP contribution in [0.25, 0.3) is 0 Å². The lowest BCUT2D eigenvalue weighted by Gasteiger charge is -2.48. The SMILES string of the molecule is O=[N+]([O-])c1cc(Cl)c(Cl)cc1N1CC(O)(C2CC2)C1. The van der Waals surface area contributed by atoms with Gasteiger partial charge in [-0.15, -0.1) is 0 Å². The lowest BCUT2D eigenvalue weighted by molar-refractivity contribution is -0.384. The van der Waals surface area contributed by atoms with Crippen LogP contribution in [0.3, 0.4) is 0 Å². The van der Waals surface area contributed by atoms with Crippen LogP contribution in [0, 0.1) is 16.0 Å². The van der Waals surface area contributed by atoms with E-state index in [1.807, 2.05) is 0 Å². The molecule has 2 aliphatic rings. The van der Waals surface area contributed by atoms with E-state index in [-0.39, 0.29) is 15.7 Å². The van der Waals surface area contributed by atoms with Crippen LogP contribution in [0.1, 0.15) is 12.8 Å². The van der Waals surface area contributed by atoms with E-state index in [1.165, 1.54) is 12.1 Å². The molecule has 0 bridgehead atoms. The maximum atomic E-state index is 11.1. The summed E-state index contributed by atoms with van der Waals surface area (Å²) in [5.74, 6) is 0.338. The molecule has 0 spiro atoms. The molecule has 0 aromatic heterocycles. The van der Waals surface area contributed by atoms with Crippen molar-refractivity contribution in [3.8, 4) is 0 Å². The first-order valence-corrected chi connectivity index (χ1v) is 6.77. The van der Waals surface area contributed by atoms with Gasteiger partial charge in [-0.05, 0) is 24.8 Å². The van der Waals surface area contributed by atoms with Crippen molar-refractivity contribution in [1.29, 1.82) is 0 Å². The summed E-state index contributed by atoms with van der Waals surface area (Å²) in [4.78, 5) is 12.3. The number of halogens is 2. The predicted octanol–water partition coefficient (Wildman–Crippen LogP) is 2.86. The molecular formula is C12H12Cl2N2O3. The molecule has 0 unspecified atom stereocenters. The van der Waals surface area contributed by atoms with E-state index in [9.17, 15) is 15.2 Å². The summed E-state index contributed by atoms with van der Waals surface area (Å²) in [5.41, 5.74) is -0.350. The molecule has 1 aliphatic heterocycles. The Bertz CT molecular complexity index is 554. The number of nitro benzene ring substituents is 1. The molecule has 1 saturated carbocycles. The third-order valence-corrected chi connectivity index (χ3v) is 4.54. The second-order valence-electron chi connectivity index (χ2n) is 5.25. The van der Waals surface area contributed by atoms with Crippen LogP contribution < -0.4 is 4.90 Å². The van der Waals surface area contributed by atoms with E-state index in [1.54, 1.807) is 4.90 Å². The van der Waals surface area contributed by atoms with Gasteiger partial charge in [0, 0.05) is 19.2 Å². The third kappa shape index (κ3) is 2.16. The van der Waals surface area contributed by atoms with E-state index in [2.05, 4.69) is 0 Å². The Balaban J connectivity index is 1.89. The molecule has 0 atom stereocenters. The van der Waals surface area contributed by atoms with Crippen LogP contribution in [-0.2, 0) is 0 Å². The van der Waals surface area contributed by atoms with Crippen LogP contribution >= 0.6 is 23.2 Å². The van der Waals surface area contributed by atoms with Gasteiger partial charge in [-0.3, -0.25) is 10.1 Å². The largest absolute Gasteiger partial charge is 0.386 e. The standard InChI is InChI=1S/C12H12Cl2N2O3/c13-8-3-10(11(16(18)19)4-9(8)14)15-5-12(17,6-15)7-1-2-7/h3-4,7,17H,1-2,5-6H2. The van der Waals surface area contributed by atoms with Crippen molar-refractivity contribution in [2.24, 2.45) is 5.92 Å². The van der Waals surface area contributed by atoms with Gasteiger partial charge >= 0.3 is 0 Å². The average molecular weight is 303 g/mol. The number of β-amino-alcohol motifs (C(OH)–C–C–N with tert-alkyl or cyclic N) is 1. The Labute approximate surface area is 119 Å². The minimum absolute atomic E-state index is 0.0766. The summed E-state index contributed by atoms with van der Waals surface area (Å²) < 4.78 is 0. The molecule has 1 aliphatic carbocycles. The summed E-state index contributed by atoms with van der Waals surface area (Å²) in [7, 11) is 0. The zero-order chi connectivity index (χ0) is 13.8. The Morgan fingerprint density at radius 1 is 1.32 bits per heavy atom. The van der Waals surface area contributed by atoms with Crippen LogP contribution in [0.15, 0.2) is 12.1 Å². The van der Waals surface area contributed by atoms with Gasteiger partial charge in [-0.1, -0.05) is 23.2 Å². The molecule has 0 amide bonds. The normalized spacial score (nSPS) is 21.1. The van der Waals surface area contributed by atoms with Gasteiger partial charge in [-0.25, -0.2) is 0 Å². The average Bonchev–Trinajstić information content (AvgIpc) is 3.12. The van der Waals surface area contributed by atoms with E-state index >= 15 is 0 Å². The maximum absolute atomic E-state index is 11.1. The van der Waals surface area contributed by atoms with Crippen LogP contribution in [0.5, 0.6) is 0 Å². The monoisotopic (exact) mass is 302 g/mol. The Hall–Kier alpha value is -1.04. The molecule has 0 radical (unpaired) electrons. The minimum atomic E-state index is -0.694. The number of nitro groups is 1. The molecule has 102 valence electrons. The van der Waals surface area contributed by atoms with Crippen LogP contribution in [-0.4, -0.2) is 28.7 Å². The maximum Gasteiger partial charge on any atom is 0.294 e. The Morgan fingerprint density at radius 3 is 2.42 bits per heavy atom. The van der Waals surface area contributed by atoms with Crippen LogP contribution in [0.4, 0.5) is 11.4 Å². The molecule has 2 fully saturated rings. The van der Waals surface area contributed by atoms with E-state index in [0.717, 1.165) is 12.8 Å². The van der Waals surface area contributed by atoms with Gasteiger partial charge in [0.15, 0.2) is 0 Å². The van der Waals surface area contributed by atoms with Gasteiger partial charge in [0.1, 0.15) is 11.3 Å². The highest BCUT2D eigenvalue weighted by molar-refractivity contribution is 6.42. The smallest absolute Gasteiger partial charge is 0.294 e. The van der Waals surface area contributed by atoms with Crippen molar-refractivity contribution in [1.82, 2.24) is 0 Å². The predicted molar refractivity (Wildman–Crippen MR) is 73.0 cm³/mol. The molecule has 3 rings (SSSR count). The summed E-state index contributed by atoms with van der Waals surface area (Å²) in [5, 5.41) is 21.8. The minimum Gasteiger partial charge on any atom is -0.386 e. The van der Waals surface area contributed by atoms with Crippen molar-refractivity contribution in [3.05, 3.63) is 32.3 Å². The first kappa shape index (κ1) is 13.0. The van der Waals surface area contributed by atoms with Gasteiger partial charge in [-0.2, -0.15) is 0 Å². The molecule has 7 heteroatoms. The second-order valence-corrected chi connectivity index (χ2v) is 6.06. The van der Waals surface area contributed by atoms with Gasteiger partial charge in [0.25, 0.3) is 5.69 Å². The van der Waals surface area contributed by atoms with Crippen molar-refractivity contribution >= 4 is 34.6 Å². The topological polar surface area (TPSA) is 66.6 Å². The molecule has 1 saturated heterocycles. The van der Waals surface area contributed by atoms with Crippen molar-refractivity contribution in [2.75, 3.05) is 18.0 Å². The number of nitrogens with zero attached hydrogens (tertiary/aromatic N) is 2. The van der Waals surface area contributed by atoms with Crippen molar-refractivity contribution < 1.29 is 10.0 Å². The highest BCUT2D eigenvalue weighted by Crippen LogP contribution is 2.47. The second kappa shape index (κ2) is 4.23. The van der Waals surface area contributed by atoms with E-state index in [0.29, 0.717) is 24.7 Å². The number of rotatable bonds is 3. The third-order valence-electron chi connectivity index (χ3n) is 3.82.